The van der Waals surface area contributed by atoms with E-state index >= 15 is 0 Å². The Hall–Kier alpha value is -0.160. The van der Waals surface area contributed by atoms with E-state index < -0.39 is 0 Å². The van der Waals surface area contributed by atoms with Crippen LogP contribution in [0.2, 0.25) is 0 Å². The number of rotatable bonds is 1. The third-order valence-electron chi connectivity index (χ3n) is 12.2. The molecule has 2 spiro atoms. The maximum Gasteiger partial charge on any atom is 0.0888 e. The number of hydrogen-bond acceptors (Lipinski definition) is 4. The van der Waals surface area contributed by atoms with Crippen LogP contribution >= 0.6 is 0 Å². The van der Waals surface area contributed by atoms with E-state index in [-0.39, 0.29) is 23.7 Å². The molecule has 1 heterocycles. The maximum atomic E-state index is 10.8. The summed E-state index contributed by atoms with van der Waals surface area (Å²) < 4.78 is 6.60. The molecule has 0 bridgehead atoms. The minimum Gasteiger partial charge on any atom is -0.400 e. The first-order valence-electron chi connectivity index (χ1n) is 14.0. The zero-order valence-corrected chi connectivity index (χ0v) is 22.5. The molecular formula is C29H52O4. The van der Waals surface area contributed by atoms with Gasteiger partial charge in [0, 0.05) is 7.11 Å². The van der Waals surface area contributed by atoms with Crippen molar-refractivity contribution < 1.29 is 20.1 Å². The topological polar surface area (TPSA) is 69.9 Å². The van der Waals surface area contributed by atoms with Gasteiger partial charge in [-0.05, 0) is 116 Å². The van der Waals surface area contributed by atoms with Crippen LogP contribution < -0.4 is 0 Å². The highest BCUT2D eigenvalue weighted by Crippen LogP contribution is 2.87. The van der Waals surface area contributed by atoms with Gasteiger partial charge in [0.25, 0.3) is 0 Å². The molecule has 4 nitrogen and oxygen atoms in total. The van der Waals surface area contributed by atoms with Gasteiger partial charge in [-0.1, -0.05) is 34.6 Å². The summed E-state index contributed by atoms with van der Waals surface area (Å²) in [5.74, 6) is 3.10. The molecule has 5 unspecified atom stereocenters. The van der Waals surface area contributed by atoms with Crippen LogP contribution in [0.15, 0.2) is 0 Å². The molecule has 4 heteroatoms. The lowest BCUT2D eigenvalue weighted by Crippen LogP contribution is -2.54. The van der Waals surface area contributed by atoms with Crippen molar-refractivity contribution in [3.05, 3.63) is 0 Å². The van der Waals surface area contributed by atoms with E-state index in [0.29, 0.717) is 28.3 Å². The van der Waals surface area contributed by atoms with Crippen LogP contribution in [0.3, 0.4) is 0 Å². The van der Waals surface area contributed by atoms with Gasteiger partial charge < -0.3 is 20.1 Å². The third kappa shape index (κ3) is 3.29. The second-order valence-electron chi connectivity index (χ2n) is 13.4. The highest BCUT2D eigenvalue weighted by molar-refractivity contribution is 5.29. The van der Waals surface area contributed by atoms with Gasteiger partial charge in [-0.15, -0.1) is 0 Å². The van der Waals surface area contributed by atoms with Crippen molar-refractivity contribution in [1.29, 1.82) is 0 Å². The van der Waals surface area contributed by atoms with Gasteiger partial charge in [-0.2, -0.15) is 0 Å². The first-order valence-corrected chi connectivity index (χ1v) is 14.0. The van der Waals surface area contributed by atoms with Crippen LogP contribution in [-0.2, 0) is 4.74 Å². The van der Waals surface area contributed by atoms with Crippen molar-refractivity contribution in [1.82, 2.24) is 0 Å². The van der Waals surface area contributed by atoms with Crippen LogP contribution in [0.1, 0.15) is 106 Å². The number of aliphatic hydroxyl groups is 3. The van der Waals surface area contributed by atoms with Crippen molar-refractivity contribution in [3.8, 4) is 0 Å². The van der Waals surface area contributed by atoms with Gasteiger partial charge in [-0.3, -0.25) is 0 Å². The molecule has 1 aliphatic heterocycles. The molecule has 33 heavy (non-hydrogen) atoms. The molecule has 10 atom stereocenters. The largest absolute Gasteiger partial charge is 0.400 e. The Balaban J connectivity index is 0.000000617. The average Bonchev–Trinajstić information content (AvgIpc) is 3.40. The summed E-state index contributed by atoms with van der Waals surface area (Å²) in [4.78, 5) is 0. The molecule has 1 saturated heterocycles. The van der Waals surface area contributed by atoms with Crippen LogP contribution in [-0.4, -0.2) is 46.8 Å². The highest BCUT2D eigenvalue weighted by Gasteiger charge is 2.80. The lowest BCUT2D eigenvalue weighted by atomic mass is 9.46. The Bertz CT molecular complexity index is 722. The van der Waals surface area contributed by atoms with Gasteiger partial charge in [0.1, 0.15) is 0 Å². The standard InChI is InChI=1S/C26H42O3.C2H6.CH4O/c1-22(2)20-6-5-16-18-13-19-17(7-9-23(3,15-27)29-19)24(18,4)11-12-25(16)14-26(20,25)10-8-21(22)28;2*1-2/h16-21,27-28H,5-15H2,1-4H3;1-2H3;2H,1H3/t16?,17?,18?,19?,20?,21-,23+,24+,25-,26+;;/m0../s1. The molecule has 192 valence electrons. The lowest BCUT2D eigenvalue weighted by Gasteiger charge is -2.59. The van der Waals surface area contributed by atoms with E-state index in [1.807, 2.05) is 13.8 Å². The second-order valence-corrected chi connectivity index (χ2v) is 13.4. The normalized spacial score (nSPS) is 55.1. The van der Waals surface area contributed by atoms with E-state index in [2.05, 4.69) is 27.7 Å². The molecular weight excluding hydrogens is 412 g/mol. The summed E-state index contributed by atoms with van der Waals surface area (Å²) in [7, 11) is 1.00. The molecule has 0 radical (unpaired) electrons. The van der Waals surface area contributed by atoms with Gasteiger partial charge >= 0.3 is 0 Å². The van der Waals surface area contributed by atoms with Crippen molar-refractivity contribution in [2.75, 3.05) is 13.7 Å². The molecule has 6 aliphatic rings. The van der Waals surface area contributed by atoms with Crippen LogP contribution in [0, 0.1) is 45.3 Å². The lowest BCUT2D eigenvalue weighted by molar-refractivity contribution is -0.167. The van der Waals surface area contributed by atoms with Crippen molar-refractivity contribution in [2.24, 2.45) is 45.3 Å². The number of ether oxygens (including phenoxy) is 1. The highest BCUT2D eigenvalue weighted by atomic mass is 16.5. The molecule has 0 aromatic carbocycles. The second kappa shape index (κ2) is 8.46. The minimum atomic E-state index is -0.315. The summed E-state index contributed by atoms with van der Waals surface area (Å²) in [6, 6.07) is 0. The molecule has 6 rings (SSSR count). The molecule has 3 N–H and O–H groups in total. The Morgan fingerprint density at radius 3 is 2.15 bits per heavy atom. The van der Waals surface area contributed by atoms with Crippen molar-refractivity contribution >= 4 is 0 Å². The van der Waals surface area contributed by atoms with Crippen LogP contribution in [0.4, 0.5) is 0 Å². The van der Waals surface area contributed by atoms with Gasteiger partial charge in [0.05, 0.1) is 24.4 Å². The van der Waals surface area contributed by atoms with Gasteiger partial charge in [0.2, 0.25) is 0 Å². The van der Waals surface area contributed by atoms with Crippen molar-refractivity contribution in [2.45, 2.75) is 124 Å². The zero-order valence-electron chi connectivity index (χ0n) is 22.5. The predicted molar refractivity (Wildman–Crippen MR) is 133 cm³/mol. The molecule has 5 saturated carbocycles. The monoisotopic (exact) mass is 464 g/mol. The fourth-order valence-electron chi connectivity index (χ4n) is 10.6. The van der Waals surface area contributed by atoms with E-state index in [4.69, 9.17) is 9.84 Å². The number of hydrogen-bond donors (Lipinski definition) is 3. The van der Waals surface area contributed by atoms with Crippen molar-refractivity contribution in [3.63, 3.8) is 0 Å². The fourth-order valence-corrected chi connectivity index (χ4v) is 10.6. The maximum absolute atomic E-state index is 10.8. The third-order valence-corrected chi connectivity index (χ3v) is 12.2. The van der Waals surface area contributed by atoms with Gasteiger partial charge in [-0.25, -0.2) is 0 Å². The Morgan fingerprint density at radius 1 is 0.788 bits per heavy atom. The average molecular weight is 465 g/mol. The van der Waals surface area contributed by atoms with E-state index in [1.165, 1.54) is 51.4 Å². The summed E-state index contributed by atoms with van der Waals surface area (Å²) in [5.41, 5.74) is 1.32. The zero-order chi connectivity index (χ0) is 24.4. The Labute approximate surface area is 202 Å². The number of aliphatic hydroxyl groups excluding tert-OH is 3. The van der Waals surface area contributed by atoms with E-state index in [1.54, 1.807) is 0 Å². The molecule has 6 fully saturated rings. The Morgan fingerprint density at radius 2 is 1.48 bits per heavy atom. The molecule has 5 aliphatic carbocycles. The quantitative estimate of drug-likeness (QED) is 0.474. The van der Waals surface area contributed by atoms with E-state index in [9.17, 15) is 10.2 Å². The number of fused-ring (bicyclic) bond motifs is 4. The molecule has 0 aromatic heterocycles. The first-order chi connectivity index (χ1) is 15.6. The molecule has 0 amide bonds. The summed E-state index contributed by atoms with van der Waals surface area (Å²) >= 11 is 0. The first kappa shape index (κ1) is 25.9. The minimum absolute atomic E-state index is 0.0865. The smallest absolute Gasteiger partial charge is 0.0888 e. The van der Waals surface area contributed by atoms with Crippen LogP contribution in [0.25, 0.3) is 0 Å². The summed E-state index contributed by atoms with van der Waals surface area (Å²) in [5, 5.41) is 27.7. The van der Waals surface area contributed by atoms with E-state index in [0.717, 1.165) is 37.7 Å². The van der Waals surface area contributed by atoms with Crippen LogP contribution in [0.5, 0.6) is 0 Å². The predicted octanol–water partition coefficient (Wildman–Crippen LogP) is 5.57. The summed E-state index contributed by atoms with van der Waals surface area (Å²) in [6.07, 6.45) is 13.0. The summed E-state index contributed by atoms with van der Waals surface area (Å²) in [6.45, 7) is 13.6. The SMILES string of the molecule is CC.CC1(C)C2CCC3C4CC5O[C@@](C)(CO)CCC5[C@@]4(C)CC[C@]34C[C@]24CC[C@@H]1O.CO. The fraction of sp³-hybridized carbons (Fsp3) is 1.00. The molecule has 0 aromatic rings. The van der Waals surface area contributed by atoms with Gasteiger partial charge in [0.15, 0.2) is 0 Å². The Kier molecular flexibility index (Phi) is 6.64.